The van der Waals surface area contributed by atoms with Crippen LogP contribution in [0, 0.1) is 3.57 Å². The van der Waals surface area contributed by atoms with Gasteiger partial charge in [-0.15, -0.1) is 0 Å². The van der Waals surface area contributed by atoms with E-state index in [1.165, 1.54) is 4.90 Å². The highest BCUT2D eigenvalue weighted by molar-refractivity contribution is 14.1. The minimum Gasteiger partial charge on any atom is -0.484 e. The Balaban J connectivity index is 2.54. The van der Waals surface area contributed by atoms with Crippen LogP contribution in [-0.2, 0) is 9.59 Å². The number of halogens is 1. The molecule has 0 spiro atoms. The molecule has 0 radical (unpaired) electrons. The number of hydrogen-bond acceptors (Lipinski definition) is 3. The maximum absolute atomic E-state index is 11.9. The Morgan fingerprint density at radius 2 is 2.16 bits per heavy atom. The van der Waals surface area contributed by atoms with Crippen molar-refractivity contribution in [2.24, 2.45) is 0 Å². The van der Waals surface area contributed by atoms with Gasteiger partial charge in [0.2, 0.25) is 0 Å². The van der Waals surface area contributed by atoms with Crippen LogP contribution in [-0.4, -0.2) is 41.6 Å². The highest BCUT2D eigenvalue weighted by atomic mass is 127. The average molecular weight is 377 g/mol. The smallest absolute Gasteiger partial charge is 0.323 e. The van der Waals surface area contributed by atoms with Crippen molar-refractivity contribution in [2.75, 3.05) is 19.7 Å². The predicted molar refractivity (Wildman–Crippen MR) is 79.2 cm³/mol. The normalized spacial score (nSPS) is 10.0. The Hall–Kier alpha value is -1.31. The number of carboxylic acid groups (broad SMARTS) is 1. The lowest BCUT2D eigenvalue weighted by atomic mass is 10.3. The molecular weight excluding hydrogens is 361 g/mol. The predicted octanol–water partition coefficient (Wildman–Crippen LogP) is 1.99. The van der Waals surface area contributed by atoms with Gasteiger partial charge in [0.05, 0.1) is 0 Å². The Labute approximate surface area is 125 Å². The van der Waals surface area contributed by atoms with E-state index in [1.807, 2.05) is 25.1 Å². The zero-order chi connectivity index (χ0) is 14.3. The van der Waals surface area contributed by atoms with E-state index < -0.39 is 5.97 Å². The second-order valence-electron chi connectivity index (χ2n) is 3.96. The lowest BCUT2D eigenvalue weighted by molar-refractivity contribution is -0.145. The molecule has 0 unspecified atom stereocenters. The van der Waals surface area contributed by atoms with Gasteiger partial charge in [-0.05, 0) is 47.2 Å². The third kappa shape index (κ3) is 5.91. The van der Waals surface area contributed by atoms with E-state index in [1.54, 1.807) is 6.07 Å². The second kappa shape index (κ2) is 7.98. The van der Waals surface area contributed by atoms with Crippen LogP contribution in [0.1, 0.15) is 13.3 Å². The highest BCUT2D eigenvalue weighted by Gasteiger charge is 2.16. The molecule has 0 fully saturated rings. The summed E-state index contributed by atoms with van der Waals surface area (Å²) in [4.78, 5) is 23.8. The van der Waals surface area contributed by atoms with Gasteiger partial charge in [0.1, 0.15) is 12.3 Å². The topological polar surface area (TPSA) is 66.8 Å². The lowest BCUT2D eigenvalue weighted by Gasteiger charge is -2.20. The van der Waals surface area contributed by atoms with E-state index >= 15 is 0 Å². The highest BCUT2D eigenvalue weighted by Crippen LogP contribution is 2.14. The van der Waals surface area contributed by atoms with Gasteiger partial charge in [0.15, 0.2) is 6.61 Å². The van der Waals surface area contributed by atoms with Crippen LogP contribution in [0.15, 0.2) is 24.3 Å². The summed E-state index contributed by atoms with van der Waals surface area (Å²) >= 11 is 2.15. The van der Waals surface area contributed by atoms with Crippen molar-refractivity contribution in [1.29, 1.82) is 0 Å². The molecule has 1 N–H and O–H groups in total. The summed E-state index contributed by atoms with van der Waals surface area (Å²) in [5, 5.41) is 8.75. The Morgan fingerprint density at radius 1 is 1.42 bits per heavy atom. The molecule has 0 aliphatic heterocycles. The lowest BCUT2D eigenvalue weighted by Crippen LogP contribution is -2.39. The van der Waals surface area contributed by atoms with E-state index in [2.05, 4.69) is 22.6 Å². The zero-order valence-corrected chi connectivity index (χ0v) is 12.8. The number of carbonyl (C=O) groups excluding carboxylic acids is 1. The van der Waals surface area contributed by atoms with Crippen molar-refractivity contribution in [3.63, 3.8) is 0 Å². The van der Waals surface area contributed by atoms with Gasteiger partial charge in [-0.25, -0.2) is 0 Å². The van der Waals surface area contributed by atoms with Crippen molar-refractivity contribution in [3.8, 4) is 5.75 Å². The molecule has 0 aliphatic rings. The van der Waals surface area contributed by atoms with Gasteiger partial charge >= 0.3 is 5.97 Å². The minimum atomic E-state index is -1.02. The van der Waals surface area contributed by atoms with Gasteiger partial charge < -0.3 is 14.7 Å². The molecule has 1 rings (SSSR count). The molecule has 1 aromatic carbocycles. The first-order chi connectivity index (χ1) is 9.02. The summed E-state index contributed by atoms with van der Waals surface area (Å²) in [5.74, 6) is -0.730. The number of aliphatic carboxylic acids is 1. The number of hydrogen-bond donors (Lipinski definition) is 1. The third-order valence-electron chi connectivity index (χ3n) is 2.33. The molecule has 5 nitrogen and oxygen atoms in total. The quantitative estimate of drug-likeness (QED) is 0.739. The molecule has 0 aromatic heterocycles. The standard InChI is InChI=1S/C13H16INO4/c1-2-6-15(8-13(17)18)12(16)9-19-11-5-3-4-10(14)7-11/h3-5,7H,2,6,8-9H2,1H3,(H,17,18). The summed E-state index contributed by atoms with van der Waals surface area (Å²) in [6, 6.07) is 7.33. The summed E-state index contributed by atoms with van der Waals surface area (Å²) in [5.41, 5.74) is 0. The fourth-order valence-electron chi connectivity index (χ4n) is 1.52. The van der Waals surface area contributed by atoms with E-state index in [4.69, 9.17) is 9.84 Å². The molecule has 0 saturated carbocycles. The molecule has 0 aliphatic carbocycles. The Morgan fingerprint density at radius 3 is 2.74 bits per heavy atom. The van der Waals surface area contributed by atoms with Crippen LogP contribution in [0.2, 0.25) is 0 Å². The fraction of sp³-hybridized carbons (Fsp3) is 0.385. The number of carbonyl (C=O) groups is 2. The number of carboxylic acids is 1. The van der Waals surface area contributed by atoms with E-state index in [-0.39, 0.29) is 19.1 Å². The molecule has 0 heterocycles. The molecule has 0 atom stereocenters. The van der Waals surface area contributed by atoms with Crippen LogP contribution >= 0.6 is 22.6 Å². The summed E-state index contributed by atoms with van der Waals surface area (Å²) in [6.07, 6.45) is 0.711. The monoisotopic (exact) mass is 377 g/mol. The summed E-state index contributed by atoms with van der Waals surface area (Å²) < 4.78 is 6.38. The molecule has 19 heavy (non-hydrogen) atoms. The van der Waals surface area contributed by atoms with Gasteiger partial charge in [-0.3, -0.25) is 9.59 Å². The van der Waals surface area contributed by atoms with Gasteiger partial charge in [-0.2, -0.15) is 0 Å². The van der Waals surface area contributed by atoms with E-state index in [0.717, 1.165) is 3.57 Å². The van der Waals surface area contributed by atoms with Crippen molar-refractivity contribution in [3.05, 3.63) is 27.8 Å². The molecule has 0 bridgehead atoms. The van der Waals surface area contributed by atoms with Crippen molar-refractivity contribution < 1.29 is 19.4 Å². The SMILES string of the molecule is CCCN(CC(=O)O)C(=O)COc1cccc(I)c1. The average Bonchev–Trinajstić information content (AvgIpc) is 2.35. The summed E-state index contributed by atoms with van der Waals surface area (Å²) in [6.45, 7) is 1.87. The van der Waals surface area contributed by atoms with Gasteiger partial charge in [0.25, 0.3) is 5.91 Å². The largest absolute Gasteiger partial charge is 0.484 e. The number of rotatable bonds is 7. The summed E-state index contributed by atoms with van der Waals surface area (Å²) in [7, 11) is 0. The molecular formula is C13H16INO4. The maximum Gasteiger partial charge on any atom is 0.323 e. The van der Waals surface area contributed by atoms with Crippen molar-refractivity contribution >= 4 is 34.5 Å². The van der Waals surface area contributed by atoms with Crippen LogP contribution in [0.25, 0.3) is 0 Å². The first-order valence-electron chi connectivity index (χ1n) is 5.91. The number of benzene rings is 1. The minimum absolute atomic E-state index is 0.145. The maximum atomic E-state index is 11.9. The number of ether oxygens (including phenoxy) is 1. The van der Waals surface area contributed by atoms with E-state index in [9.17, 15) is 9.59 Å². The van der Waals surface area contributed by atoms with Gasteiger partial charge in [-0.1, -0.05) is 13.0 Å². The van der Waals surface area contributed by atoms with Crippen molar-refractivity contribution in [2.45, 2.75) is 13.3 Å². The van der Waals surface area contributed by atoms with Crippen LogP contribution in [0.4, 0.5) is 0 Å². The third-order valence-corrected chi connectivity index (χ3v) is 3.00. The molecule has 1 aromatic rings. The molecule has 6 heteroatoms. The molecule has 104 valence electrons. The van der Waals surface area contributed by atoms with Crippen LogP contribution < -0.4 is 4.74 Å². The Bertz CT molecular complexity index is 450. The fourth-order valence-corrected chi connectivity index (χ4v) is 2.03. The Kier molecular flexibility index (Phi) is 6.61. The van der Waals surface area contributed by atoms with Crippen LogP contribution in [0.5, 0.6) is 5.75 Å². The van der Waals surface area contributed by atoms with E-state index in [0.29, 0.717) is 18.7 Å². The first-order valence-corrected chi connectivity index (χ1v) is 6.98. The number of amides is 1. The van der Waals surface area contributed by atoms with Gasteiger partial charge in [0, 0.05) is 10.1 Å². The molecule has 0 saturated heterocycles. The van der Waals surface area contributed by atoms with Crippen LogP contribution in [0.3, 0.4) is 0 Å². The number of nitrogens with zero attached hydrogens (tertiary/aromatic N) is 1. The van der Waals surface area contributed by atoms with Crippen molar-refractivity contribution in [1.82, 2.24) is 4.90 Å². The zero-order valence-electron chi connectivity index (χ0n) is 10.6. The second-order valence-corrected chi connectivity index (χ2v) is 5.20. The first kappa shape index (κ1) is 15.7. The molecule has 1 amide bonds.